The van der Waals surface area contributed by atoms with Gasteiger partial charge in [-0.25, -0.2) is 4.98 Å². The topological polar surface area (TPSA) is 54.9 Å². The summed E-state index contributed by atoms with van der Waals surface area (Å²) in [6.45, 7) is 3.66. The van der Waals surface area contributed by atoms with E-state index in [1.807, 2.05) is 9.80 Å². The number of carbonyl (C=O) groups excluding carboxylic acids is 1. The molecule has 0 spiro atoms. The fraction of sp³-hybridized carbons (Fsp3) is 0.400. The van der Waals surface area contributed by atoms with Gasteiger partial charge < -0.3 is 14.4 Å². The number of pyridine rings is 1. The first-order valence-electron chi connectivity index (χ1n) is 9.33. The quantitative estimate of drug-likeness (QED) is 0.727. The minimum Gasteiger partial charge on any atom is -0.486 e. The molecule has 1 fully saturated rings. The third kappa shape index (κ3) is 4.45. The van der Waals surface area contributed by atoms with E-state index in [0.717, 1.165) is 12.3 Å². The number of anilines is 1. The van der Waals surface area contributed by atoms with Gasteiger partial charge in [-0.05, 0) is 30.3 Å². The third-order valence-corrected chi connectivity index (χ3v) is 5.00. The van der Waals surface area contributed by atoms with Gasteiger partial charge in [0.2, 0.25) is 0 Å². The zero-order valence-corrected chi connectivity index (χ0v) is 15.6. The van der Waals surface area contributed by atoms with E-state index in [1.54, 1.807) is 18.2 Å². The number of halogens is 3. The molecule has 0 radical (unpaired) electrons. The van der Waals surface area contributed by atoms with Crippen LogP contribution in [-0.4, -0.2) is 61.6 Å². The number of piperazine rings is 1. The van der Waals surface area contributed by atoms with Crippen molar-refractivity contribution in [1.82, 2.24) is 9.88 Å². The molecule has 0 saturated carbocycles. The Morgan fingerprint density at radius 1 is 1.00 bits per heavy atom. The van der Waals surface area contributed by atoms with Gasteiger partial charge in [-0.15, -0.1) is 0 Å². The lowest BCUT2D eigenvalue weighted by molar-refractivity contribution is -0.137. The van der Waals surface area contributed by atoms with Crippen LogP contribution in [0.15, 0.2) is 36.5 Å². The van der Waals surface area contributed by atoms with Crippen LogP contribution in [0.3, 0.4) is 0 Å². The van der Waals surface area contributed by atoms with E-state index in [-0.39, 0.29) is 12.3 Å². The second kappa shape index (κ2) is 7.90. The molecule has 0 atom stereocenters. The summed E-state index contributed by atoms with van der Waals surface area (Å²) in [5.41, 5.74) is -0.189. The maximum absolute atomic E-state index is 12.7. The monoisotopic (exact) mass is 407 g/mol. The van der Waals surface area contributed by atoms with Gasteiger partial charge >= 0.3 is 6.18 Å². The average Bonchev–Trinajstić information content (AvgIpc) is 2.73. The SMILES string of the molecule is O=C(CN1CCN(c2ccc(C(F)(F)F)cn2)CC1)c1ccc2c(c1)OCCO2. The van der Waals surface area contributed by atoms with Crippen molar-refractivity contribution >= 4 is 11.6 Å². The minimum atomic E-state index is -4.39. The predicted molar refractivity (Wildman–Crippen MR) is 99.7 cm³/mol. The van der Waals surface area contributed by atoms with Crippen LogP contribution in [0.5, 0.6) is 11.5 Å². The molecular formula is C20H20F3N3O3. The lowest BCUT2D eigenvalue weighted by atomic mass is 10.1. The standard InChI is InChI=1S/C20H20F3N3O3/c21-20(22,23)15-2-4-19(24-12-15)26-7-5-25(6-8-26)13-16(27)14-1-3-17-18(11-14)29-10-9-28-17/h1-4,11-12H,5-10,13H2. The number of hydrogen-bond acceptors (Lipinski definition) is 6. The number of aromatic nitrogens is 1. The molecule has 1 aromatic carbocycles. The number of fused-ring (bicyclic) bond motifs is 1. The minimum absolute atomic E-state index is 0.0110. The van der Waals surface area contributed by atoms with Gasteiger partial charge in [0, 0.05) is 37.9 Å². The molecular weight excluding hydrogens is 387 g/mol. The zero-order chi connectivity index (χ0) is 20.4. The number of ether oxygens (including phenoxy) is 2. The van der Waals surface area contributed by atoms with Gasteiger partial charge in [0.15, 0.2) is 17.3 Å². The normalized spacial score (nSPS) is 17.3. The highest BCUT2D eigenvalue weighted by Gasteiger charge is 2.31. The van der Waals surface area contributed by atoms with Crippen LogP contribution >= 0.6 is 0 Å². The molecule has 9 heteroatoms. The Bertz CT molecular complexity index is 879. The molecule has 0 bridgehead atoms. The molecule has 2 aliphatic rings. The summed E-state index contributed by atoms with van der Waals surface area (Å²) in [7, 11) is 0. The van der Waals surface area contributed by atoms with Crippen LogP contribution in [0.4, 0.5) is 19.0 Å². The summed E-state index contributed by atoms with van der Waals surface area (Å²) in [6, 6.07) is 7.62. The second-order valence-corrected chi connectivity index (χ2v) is 6.95. The summed E-state index contributed by atoms with van der Waals surface area (Å²) in [4.78, 5) is 20.5. The lowest BCUT2D eigenvalue weighted by Crippen LogP contribution is -2.48. The molecule has 3 heterocycles. The first-order chi connectivity index (χ1) is 13.9. The molecule has 0 unspecified atom stereocenters. The average molecular weight is 407 g/mol. The fourth-order valence-electron chi connectivity index (χ4n) is 3.39. The molecule has 1 saturated heterocycles. The van der Waals surface area contributed by atoms with Gasteiger partial charge in [0.1, 0.15) is 19.0 Å². The molecule has 0 amide bonds. The smallest absolute Gasteiger partial charge is 0.417 e. The van der Waals surface area contributed by atoms with Crippen molar-refractivity contribution in [3.8, 4) is 11.5 Å². The largest absolute Gasteiger partial charge is 0.486 e. The third-order valence-electron chi connectivity index (χ3n) is 5.00. The number of carbonyl (C=O) groups is 1. The zero-order valence-electron chi connectivity index (χ0n) is 15.6. The van der Waals surface area contributed by atoms with E-state index < -0.39 is 11.7 Å². The van der Waals surface area contributed by atoms with E-state index in [4.69, 9.17) is 9.47 Å². The maximum Gasteiger partial charge on any atom is 0.417 e. The van der Waals surface area contributed by atoms with E-state index in [0.29, 0.717) is 62.3 Å². The van der Waals surface area contributed by atoms with E-state index in [9.17, 15) is 18.0 Å². The van der Waals surface area contributed by atoms with Crippen LogP contribution in [0, 0.1) is 0 Å². The summed E-state index contributed by atoms with van der Waals surface area (Å²) in [6.07, 6.45) is -3.54. The van der Waals surface area contributed by atoms with Crippen LogP contribution < -0.4 is 14.4 Å². The summed E-state index contributed by atoms with van der Waals surface area (Å²) >= 11 is 0. The van der Waals surface area contributed by atoms with Crippen LogP contribution in [0.1, 0.15) is 15.9 Å². The van der Waals surface area contributed by atoms with Crippen LogP contribution in [-0.2, 0) is 6.18 Å². The summed E-state index contributed by atoms with van der Waals surface area (Å²) < 4.78 is 49.0. The molecule has 0 aliphatic carbocycles. The van der Waals surface area contributed by atoms with Gasteiger partial charge in [0.25, 0.3) is 0 Å². The number of rotatable bonds is 4. The molecule has 1 aromatic heterocycles. The Morgan fingerprint density at radius 2 is 1.72 bits per heavy atom. The van der Waals surface area contributed by atoms with Gasteiger partial charge in [-0.3, -0.25) is 9.69 Å². The van der Waals surface area contributed by atoms with Crippen molar-refractivity contribution in [2.45, 2.75) is 6.18 Å². The highest BCUT2D eigenvalue weighted by atomic mass is 19.4. The number of ketones is 1. The predicted octanol–water partition coefficient (Wildman–Crippen LogP) is 2.88. The van der Waals surface area contributed by atoms with Crippen molar-refractivity contribution in [3.63, 3.8) is 0 Å². The van der Waals surface area contributed by atoms with Crippen molar-refractivity contribution in [3.05, 3.63) is 47.7 Å². The maximum atomic E-state index is 12.7. The Morgan fingerprint density at radius 3 is 2.38 bits per heavy atom. The first kappa shape index (κ1) is 19.5. The number of hydrogen-bond donors (Lipinski definition) is 0. The molecule has 154 valence electrons. The summed E-state index contributed by atoms with van der Waals surface area (Å²) in [5.74, 6) is 1.73. The Hall–Kier alpha value is -2.81. The number of Topliss-reactive ketones (excluding diaryl/α,β-unsaturated/α-hetero) is 1. The van der Waals surface area contributed by atoms with Crippen molar-refractivity contribution in [2.24, 2.45) is 0 Å². The van der Waals surface area contributed by atoms with E-state index in [2.05, 4.69) is 4.98 Å². The van der Waals surface area contributed by atoms with E-state index in [1.165, 1.54) is 6.07 Å². The number of nitrogens with zero attached hydrogens (tertiary/aromatic N) is 3. The molecule has 2 aliphatic heterocycles. The number of alkyl halides is 3. The van der Waals surface area contributed by atoms with Crippen LogP contribution in [0.2, 0.25) is 0 Å². The van der Waals surface area contributed by atoms with Crippen LogP contribution in [0.25, 0.3) is 0 Å². The highest BCUT2D eigenvalue weighted by Crippen LogP contribution is 2.31. The second-order valence-electron chi connectivity index (χ2n) is 6.95. The molecule has 29 heavy (non-hydrogen) atoms. The highest BCUT2D eigenvalue weighted by molar-refractivity contribution is 5.98. The molecule has 2 aromatic rings. The van der Waals surface area contributed by atoms with Gasteiger partial charge in [-0.1, -0.05) is 0 Å². The molecule has 4 rings (SSSR count). The Kier molecular flexibility index (Phi) is 5.31. The fourth-order valence-corrected chi connectivity index (χ4v) is 3.39. The van der Waals surface area contributed by atoms with Crippen molar-refractivity contribution in [1.29, 1.82) is 0 Å². The Balaban J connectivity index is 1.32. The lowest BCUT2D eigenvalue weighted by Gasteiger charge is -2.35. The van der Waals surface area contributed by atoms with Gasteiger partial charge in [-0.2, -0.15) is 13.2 Å². The van der Waals surface area contributed by atoms with E-state index >= 15 is 0 Å². The molecule has 0 N–H and O–H groups in total. The van der Waals surface area contributed by atoms with Gasteiger partial charge in [0.05, 0.1) is 12.1 Å². The van der Waals surface area contributed by atoms with Crippen molar-refractivity contribution < 1.29 is 27.4 Å². The van der Waals surface area contributed by atoms with Crippen molar-refractivity contribution in [2.75, 3.05) is 50.8 Å². The first-order valence-corrected chi connectivity index (χ1v) is 9.33. The molecule has 6 nitrogen and oxygen atoms in total. The summed E-state index contributed by atoms with van der Waals surface area (Å²) in [5, 5.41) is 0. The Labute approximate surface area is 165 Å². The number of benzene rings is 1.